The molecule has 3 aromatic carbocycles. The third-order valence-corrected chi connectivity index (χ3v) is 6.01. The normalized spacial score (nSPS) is 11.0. The Bertz CT molecular complexity index is 1050. The van der Waals surface area contributed by atoms with E-state index < -0.39 is 16.0 Å². The second kappa shape index (κ2) is 8.14. The smallest absolute Gasteiger partial charge is 0.335 e. The molecule has 6 nitrogen and oxygen atoms in total. The van der Waals surface area contributed by atoms with E-state index in [-0.39, 0.29) is 17.0 Å². The molecule has 0 aliphatic carbocycles. The summed E-state index contributed by atoms with van der Waals surface area (Å²) in [5.74, 6) is -0.427. The van der Waals surface area contributed by atoms with Crippen molar-refractivity contribution in [2.45, 2.75) is 11.4 Å². The van der Waals surface area contributed by atoms with Crippen molar-refractivity contribution in [3.63, 3.8) is 0 Å². The summed E-state index contributed by atoms with van der Waals surface area (Å²) in [6.07, 6.45) is 0. The lowest BCUT2D eigenvalue weighted by molar-refractivity contribution is 0.0696. The molecular formula is C21H19NO5S. The summed E-state index contributed by atoms with van der Waals surface area (Å²) in [6.45, 7) is 0.122. The molecule has 0 bridgehead atoms. The number of rotatable bonds is 7. The average Bonchev–Trinajstić information content (AvgIpc) is 2.73. The first kappa shape index (κ1) is 19.4. The Morgan fingerprint density at radius 3 is 2.07 bits per heavy atom. The molecule has 0 saturated carbocycles. The van der Waals surface area contributed by atoms with Crippen molar-refractivity contribution < 1.29 is 23.1 Å². The fraction of sp³-hybridized carbons (Fsp3) is 0.0952. The average molecular weight is 397 g/mol. The van der Waals surface area contributed by atoms with Crippen LogP contribution in [0.3, 0.4) is 0 Å². The number of carboxylic acid groups (broad SMARTS) is 1. The molecule has 0 aromatic heterocycles. The van der Waals surface area contributed by atoms with Crippen LogP contribution in [0, 0.1) is 0 Å². The first-order chi connectivity index (χ1) is 13.4. The van der Waals surface area contributed by atoms with Crippen LogP contribution in [0.4, 0.5) is 5.69 Å². The zero-order valence-electron chi connectivity index (χ0n) is 15.1. The van der Waals surface area contributed by atoms with Gasteiger partial charge < -0.3 is 9.84 Å². The number of ether oxygens (including phenoxy) is 1. The summed E-state index contributed by atoms with van der Waals surface area (Å²) in [6, 6.07) is 21.1. The molecule has 28 heavy (non-hydrogen) atoms. The molecule has 0 aliphatic heterocycles. The summed E-state index contributed by atoms with van der Waals surface area (Å²) in [4.78, 5) is 11.1. The second-order valence-electron chi connectivity index (χ2n) is 6.02. The molecule has 0 saturated heterocycles. The number of para-hydroxylation sites is 1. The van der Waals surface area contributed by atoms with E-state index in [0.717, 1.165) is 5.56 Å². The minimum atomic E-state index is -3.90. The van der Waals surface area contributed by atoms with E-state index in [9.17, 15) is 13.2 Å². The van der Waals surface area contributed by atoms with Gasteiger partial charge in [-0.2, -0.15) is 0 Å². The van der Waals surface area contributed by atoms with Crippen LogP contribution in [0.25, 0.3) is 0 Å². The van der Waals surface area contributed by atoms with Crippen molar-refractivity contribution in [1.29, 1.82) is 0 Å². The van der Waals surface area contributed by atoms with Crippen molar-refractivity contribution in [3.05, 3.63) is 90.0 Å². The standard InChI is InChI=1S/C21H19NO5S/c1-27-19-11-7-16(8-12-19)15-22(18-5-3-2-4-6-18)28(25,26)20-13-9-17(10-14-20)21(23)24/h2-14H,15H2,1H3,(H,23,24). The minimum absolute atomic E-state index is 0.0230. The van der Waals surface area contributed by atoms with Gasteiger partial charge in [-0.05, 0) is 54.1 Å². The zero-order valence-corrected chi connectivity index (χ0v) is 16.0. The molecule has 7 heteroatoms. The summed E-state index contributed by atoms with van der Waals surface area (Å²) in [5, 5.41) is 9.03. The van der Waals surface area contributed by atoms with Crippen LogP contribution in [0.2, 0.25) is 0 Å². The molecule has 3 aromatic rings. The summed E-state index contributed by atoms with van der Waals surface area (Å²) < 4.78 is 33.0. The number of anilines is 1. The van der Waals surface area contributed by atoms with Gasteiger partial charge in [-0.25, -0.2) is 13.2 Å². The molecule has 0 aliphatic rings. The predicted octanol–water partition coefficient (Wildman–Crippen LogP) is 3.79. The Kier molecular flexibility index (Phi) is 5.65. The summed E-state index contributed by atoms with van der Waals surface area (Å²) in [5.41, 5.74) is 1.33. The first-order valence-electron chi connectivity index (χ1n) is 8.46. The third kappa shape index (κ3) is 4.15. The van der Waals surface area contributed by atoms with Gasteiger partial charge in [0.05, 0.1) is 29.8 Å². The molecular weight excluding hydrogens is 378 g/mol. The SMILES string of the molecule is COc1ccc(CN(c2ccccc2)S(=O)(=O)c2ccc(C(=O)O)cc2)cc1. The lowest BCUT2D eigenvalue weighted by Crippen LogP contribution is -2.30. The molecule has 0 amide bonds. The maximum atomic E-state index is 13.3. The second-order valence-corrected chi connectivity index (χ2v) is 7.89. The van der Waals surface area contributed by atoms with Crippen LogP contribution in [-0.2, 0) is 16.6 Å². The largest absolute Gasteiger partial charge is 0.497 e. The highest BCUT2D eigenvalue weighted by Gasteiger charge is 2.25. The van der Waals surface area contributed by atoms with Gasteiger partial charge >= 0.3 is 5.97 Å². The first-order valence-corrected chi connectivity index (χ1v) is 9.90. The van der Waals surface area contributed by atoms with Crippen molar-refractivity contribution >= 4 is 21.7 Å². The molecule has 3 rings (SSSR count). The monoisotopic (exact) mass is 397 g/mol. The molecule has 0 atom stereocenters. The molecule has 0 unspecified atom stereocenters. The highest BCUT2D eigenvalue weighted by molar-refractivity contribution is 7.92. The number of nitrogens with zero attached hydrogens (tertiary/aromatic N) is 1. The van der Waals surface area contributed by atoms with Crippen LogP contribution in [0.15, 0.2) is 83.8 Å². The summed E-state index contributed by atoms with van der Waals surface area (Å²) in [7, 11) is -2.34. The van der Waals surface area contributed by atoms with Crippen LogP contribution in [0.1, 0.15) is 15.9 Å². The van der Waals surface area contributed by atoms with Gasteiger partial charge in [-0.15, -0.1) is 0 Å². The van der Waals surface area contributed by atoms with Crippen LogP contribution < -0.4 is 9.04 Å². The van der Waals surface area contributed by atoms with Crippen LogP contribution in [0.5, 0.6) is 5.75 Å². The quantitative estimate of drug-likeness (QED) is 0.656. The van der Waals surface area contributed by atoms with Gasteiger partial charge in [0.1, 0.15) is 5.75 Å². The van der Waals surface area contributed by atoms with E-state index >= 15 is 0 Å². The van der Waals surface area contributed by atoms with Gasteiger partial charge in [-0.3, -0.25) is 4.31 Å². The van der Waals surface area contributed by atoms with Crippen molar-refractivity contribution in [2.24, 2.45) is 0 Å². The number of hydrogen-bond acceptors (Lipinski definition) is 4. The fourth-order valence-corrected chi connectivity index (χ4v) is 4.16. The van der Waals surface area contributed by atoms with Gasteiger partial charge in [0.15, 0.2) is 0 Å². The fourth-order valence-electron chi connectivity index (χ4n) is 2.70. The Balaban J connectivity index is 2.00. The van der Waals surface area contributed by atoms with E-state index in [1.807, 2.05) is 6.07 Å². The lowest BCUT2D eigenvalue weighted by Gasteiger charge is -2.25. The van der Waals surface area contributed by atoms with Gasteiger partial charge in [0.2, 0.25) is 0 Å². The van der Waals surface area contributed by atoms with E-state index in [0.29, 0.717) is 11.4 Å². The number of carbonyl (C=O) groups is 1. The van der Waals surface area contributed by atoms with Crippen molar-refractivity contribution in [2.75, 3.05) is 11.4 Å². The Labute approximate surface area is 163 Å². The van der Waals surface area contributed by atoms with Crippen LogP contribution >= 0.6 is 0 Å². The minimum Gasteiger partial charge on any atom is -0.497 e. The van der Waals surface area contributed by atoms with Crippen molar-refractivity contribution in [3.8, 4) is 5.75 Å². The van der Waals surface area contributed by atoms with E-state index in [2.05, 4.69) is 0 Å². The molecule has 0 fully saturated rings. The summed E-state index contributed by atoms with van der Waals surface area (Å²) >= 11 is 0. The number of aromatic carboxylic acids is 1. The Morgan fingerprint density at radius 1 is 0.929 bits per heavy atom. The van der Waals surface area contributed by atoms with Crippen molar-refractivity contribution in [1.82, 2.24) is 0 Å². The zero-order chi connectivity index (χ0) is 20.1. The number of carboxylic acids is 1. The molecule has 0 heterocycles. The number of sulfonamides is 1. The Morgan fingerprint density at radius 2 is 1.54 bits per heavy atom. The van der Waals surface area contributed by atoms with E-state index in [4.69, 9.17) is 9.84 Å². The molecule has 1 N–H and O–H groups in total. The highest BCUT2D eigenvalue weighted by atomic mass is 32.2. The number of hydrogen-bond donors (Lipinski definition) is 1. The lowest BCUT2D eigenvalue weighted by atomic mass is 10.2. The maximum Gasteiger partial charge on any atom is 0.335 e. The molecule has 0 radical (unpaired) electrons. The maximum absolute atomic E-state index is 13.3. The van der Waals surface area contributed by atoms with E-state index in [1.165, 1.54) is 28.6 Å². The third-order valence-electron chi connectivity index (χ3n) is 4.22. The predicted molar refractivity (Wildman–Crippen MR) is 106 cm³/mol. The molecule has 0 spiro atoms. The number of methoxy groups -OCH3 is 1. The highest BCUT2D eigenvalue weighted by Crippen LogP contribution is 2.26. The topological polar surface area (TPSA) is 83.9 Å². The van der Waals surface area contributed by atoms with Gasteiger partial charge in [0.25, 0.3) is 10.0 Å². The Hall–Kier alpha value is -3.32. The molecule has 144 valence electrons. The van der Waals surface area contributed by atoms with E-state index in [1.54, 1.807) is 55.6 Å². The van der Waals surface area contributed by atoms with Gasteiger partial charge in [-0.1, -0.05) is 30.3 Å². The van der Waals surface area contributed by atoms with Gasteiger partial charge in [0, 0.05) is 0 Å². The number of benzene rings is 3. The van der Waals surface area contributed by atoms with Crippen LogP contribution in [-0.4, -0.2) is 26.6 Å².